The van der Waals surface area contributed by atoms with Crippen LogP contribution in [0.25, 0.3) is 22.2 Å². The van der Waals surface area contributed by atoms with E-state index in [1.54, 1.807) is 13.3 Å². The van der Waals surface area contributed by atoms with Gasteiger partial charge in [-0.05, 0) is 38.9 Å². The minimum absolute atomic E-state index is 0.00153. The number of unbranched alkanes of at least 4 members (excludes halogenated alkanes) is 2. The van der Waals surface area contributed by atoms with Crippen LogP contribution in [0.4, 0.5) is 13.2 Å². The second-order valence-corrected chi connectivity index (χ2v) is 10.9. The molecule has 1 aliphatic rings. The van der Waals surface area contributed by atoms with Gasteiger partial charge in [-0.15, -0.1) is 0 Å². The fraction of sp³-hybridized carbons (Fsp3) is 0.419. The lowest BCUT2D eigenvalue weighted by molar-refractivity contribution is -0.192. The molecule has 4 aromatic rings. The molecule has 0 radical (unpaired) electrons. The van der Waals surface area contributed by atoms with Gasteiger partial charge in [0, 0.05) is 36.7 Å². The number of aromatic nitrogens is 3. The van der Waals surface area contributed by atoms with Gasteiger partial charge in [-0.2, -0.15) is 13.2 Å². The number of Topliss-reactive ketones (excluding diaryl/α,β-unsaturated/α-hetero) is 1. The highest BCUT2D eigenvalue weighted by molar-refractivity contribution is 5.91. The maximum atomic E-state index is 12.9. The number of nitrogens with one attached hydrogen (secondary N) is 1. The number of aliphatic carboxylic acids is 1. The van der Waals surface area contributed by atoms with E-state index in [2.05, 4.69) is 25.2 Å². The molecule has 2 N–H and O–H groups in total. The average Bonchev–Trinajstić information content (AvgIpc) is 3.71. The maximum absolute atomic E-state index is 12.9. The van der Waals surface area contributed by atoms with Crippen molar-refractivity contribution in [2.24, 2.45) is 5.92 Å². The van der Waals surface area contributed by atoms with E-state index < -0.39 is 12.1 Å². The molecule has 4 heterocycles. The molecular formula is C31H34F3N5O7. The molecule has 1 atom stereocenters. The highest BCUT2D eigenvalue weighted by atomic mass is 19.4. The molecule has 0 spiro atoms. The molecule has 246 valence electrons. The van der Waals surface area contributed by atoms with Gasteiger partial charge in [0.05, 0.1) is 36.5 Å². The molecule has 0 unspecified atom stereocenters. The predicted octanol–water partition coefficient (Wildman–Crippen LogP) is 5.38. The van der Waals surface area contributed by atoms with E-state index in [0.717, 1.165) is 48.1 Å². The number of alkyl halides is 3. The van der Waals surface area contributed by atoms with Gasteiger partial charge in [0.25, 0.3) is 5.89 Å². The minimum Gasteiger partial charge on any atom is -0.496 e. The minimum atomic E-state index is -5.08. The summed E-state index contributed by atoms with van der Waals surface area (Å²) in [6.07, 6.45) is 2.76. The van der Waals surface area contributed by atoms with Crippen LogP contribution < -0.4 is 10.1 Å². The molecule has 3 aromatic heterocycles. The van der Waals surface area contributed by atoms with Crippen molar-refractivity contribution in [3.05, 3.63) is 60.4 Å². The Morgan fingerprint density at radius 2 is 1.89 bits per heavy atom. The van der Waals surface area contributed by atoms with Crippen molar-refractivity contribution in [2.75, 3.05) is 27.2 Å². The standard InChI is InChI=1S/C29H33N5O5.C2HF3O2/c1-18-9-10-19-13-21(25(37-3)14-23(19)32-18)26-15-31-28(39-26)22(33-27(36)20-16-34(2)17-20)7-5-4-6-8-24(35)29-30-11-12-38-29;3-2(4,5)1(6)7/h9-15,20,22H,4-8,16-17H2,1-3H3,(H,33,36);(H,6,7)/t22-;/m0./s1. The summed E-state index contributed by atoms with van der Waals surface area (Å²) in [6.45, 7) is 3.42. The lowest BCUT2D eigenvalue weighted by atomic mass is 9.99. The van der Waals surface area contributed by atoms with E-state index in [0.29, 0.717) is 36.7 Å². The van der Waals surface area contributed by atoms with Gasteiger partial charge in [0.1, 0.15) is 18.1 Å². The number of halogens is 3. The molecule has 5 rings (SSSR count). The molecule has 1 aromatic carbocycles. The third-order valence-electron chi connectivity index (χ3n) is 7.30. The quantitative estimate of drug-likeness (QED) is 0.150. The number of hydrogen-bond acceptors (Lipinski definition) is 10. The Morgan fingerprint density at radius 1 is 1.15 bits per heavy atom. The van der Waals surface area contributed by atoms with Gasteiger partial charge in [0.15, 0.2) is 5.76 Å². The molecule has 15 heteroatoms. The summed E-state index contributed by atoms with van der Waals surface area (Å²) in [5.41, 5.74) is 2.54. The number of ketones is 1. The summed E-state index contributed by atoms with van der Waals surface area (Å²) in [7, 11) is 3.61. The fourth-order valence-electron chi connectivity index (χ4n) is 4.88. The van der Waals surface area contributed by atoms with E-state index in [1.165, 1.54) is 12.5 Å². The van der Waals surface area contributed by atoms with E-state index in [1.807, 2.05) is 38.2 Å². The predicted molar refractivity (Wildman–Crippen MR) is 158 cm³/mol. The zero-order valence-electron chi connectivity index (χ0n) is 25.5. The van der Waals surface area contributed by atoms with Crippen molar-refractivity contribution in [1.82, 2.24) is 25.2 Å². The summed E-state index contributed by atoms with van der Waals surface area (Å²) >= 11 is 0. The molecule has 46 heavy (non-hydrogen) atoms. The fourth-order valence-corrected chi connectivity index (χ4v) is 4.88. The highest BCUT2D eigenvalue weighted by Crippen LogP contribution is 2.35. The summed E-state index contributed by atoms with van der Waals surface area (Å²) in [5.74, 6) is -1.11. The number of methoxy groups -OCH3 is 1. The highest BCUT2D eigenvalue weighted by Gasteiger charge is 2.38. The Balaban J connectivity index is 0.000000617. The number of carbonyl (C=O) groups excluding carboxylic acids is 2. The number of aryl methyl sites for hydroxylation is 1. The van der Waals surface area contributed by atoms with Crippen LogP contribution in [0, 0.1) is 12.8 Å². The van der Waals surface area contributed by atoms with Gasteiger partial charge in [-0.25, -0.2) is 14.8 Å². The van der Waals surface area contributed by atoms with Gasteiger partial charge in [0.2, 0.25) is 17.6 Å². The number of amides is 1. The lowest BCUT2D eigenvalue weighted by Crippen LogP contribution is -2.52. The first-order chi connectivity index (χ1) is 21.8. The molecule has 1 amide bonds. The number of nitrogens with zero attached hydrogens (tertiary/aromatic N) is 4. The van der Waals surface area contributed by atoms with Crippen molar-refractivity contribution in [2.45, 2.75) is 51.2 Å². The number of likely N-dealkylation sites (tertiary alicyclic amines) is 1. The number of carboxylic acid groups (broad SMARTS) is 1. The maximum Gasteiger partial charge on any atom is 0.490 e. The van der Waals surface area contributed by atoms with Crippen LogP contribution in [0.5, 0.6) is 5.75 Å². The van der Waals surface area contributed by atoms with E-state index >= 15 is 0 Å². The van der Waals surface area contributed by atoms with Crippen molar-refractivity contribution in [1.29, 1.82) is 0 Å². The Kier molecular flexibility index (Phi) is 11.1. The second-order valence-electron chi connectivity index (χ2n) is 10.9. The third kappa shape index (κ3) is 8.90. The number of fused-ring (bicyclic) bond motifs is 1. The van der Waals surface area contributed by atoms with Crippen molar-refractivity contribution in [3.8, 4) is 17.1 Å². The largest absolute Gasteiger partial charge is 0.496 e. The van der Waals surface area contributed by atoms with Gasteiger partial charge < -0.3 is 28.9 Å². The number of benzene rings is 1. The van der Waals surface area contributed by atoms with Crippen LogP contribution >= 0.6 is 0 Å². The van der Waals surface area contributed by atoms with E-state index in [9.17, 15) is 22.8 Å². The van der Waals surface area contributed by atoms with Crippen molar-refractivity contribution in [3.63, 3.8) is 0 Å². The van der Waals surface area contributed by atoms with Gasteiger partial charge in [-0.3, -0.25) is 14.6 Å². The number of hydrogen-bond donors (Lipinski definition) is 2. The molecule has 1 aliphatic heterocycles. The van der Waals surface area contributed by atoms with Crippen LogP contribution in [0.1, 0.15) is 60.4 Å². The molecule has 0 saturated carbocycles. The topological polar surface area (TPSA) is 161 Å². The number of ether oxygens (including phenoxy) is 1. The van der Waals surface area contributed by atoms with Crippen LogP contribution in [-0.2, 0) is 9.59 Å². The molecular weight excluding hydrogens is 611 g/mol. The van der Waals surface area contributed by atoms with Crippen molar-refractivity contribution >= 4 is 28.6 Å². The van der Waals surface area contributed by atoms with Crippen LogP contribution in [0.2, 0.25) is 0 Å². The zero-order chi connectivity index (χ0) is 33.4. The first-order valence-corrected chi connectivity index (χ1v) is 14.5. The normalized spacial score (nSPS) is 14.2. The Morgan fingerprint density at radius 3 is 2.52 bits per heavy atom. The van der Waals surface area contributed by atoms with Crippen LogP contribution in [-0.4, -0.2) is 76.0 Å². The van der Waals surface area contributed by atoms with Gasteiger partial charge in [-0.1, -0.05) is 18.9 Å². The number of carboxylic acids is 1. The number of oxazole rings is 2. The average molecular weight is 646 g/mol. The van der Waals surface area contributed by atoms with E-state index in [-0.39, 0.29) is 29.5 Å². The molecule has 12 nitrogen and oxygen atoms in total. The number of carbonyl (C=O) groups is 3. The first kappa shape index (κ1) is 34.1. The molecule has 1 saturated heterocycles. The SMILES string of the molecule is COc1cc2nc(C)ccc2cc1-c1cnc([C@H](CCCCCC(=O)c2ncco2)NC(=O)C2CN(C)C2)o1.O=C(O)C(F)(F)F. The molecule has 1 fully saturated rings. The zero-order valence-corrected chi connectivity index (χ0v) is 25.5. The van der Waals surface area contributed by atoms with Crippen LogP contribution in [0.3, 0.4) is 0 Å². The summed E-state index contributed by atoms with van der Waals surface area (Å²) in [4.78, 5) is 49.1. The summed E-state index contributed by atoms with van der Waals surface area (Å²) < 4.78 is 48.7. The van der Waals surface area contributed by atoms with Crippen molar-refractivity contribution < 1.29 is 46.2 Å². The Bertz CT molecular complexity index is 1650. The van der Waals surface area contributed by atoms with Gasteiger partial charge >= 0.3 is 12.1 Å². The Labute approximate surface area is 262 Å². The first-order valence-electron chi connectivity index (χ1n) is 14.5. The Hall–Kier alpha value is -4.79. The smallest absolute Gasteiger partial charge is 0.490 e. The number of pyridine rings is 1. The molecule has 0 aliphatic carbocycles. The summed E-state index contributed by atoms with van der Waals surface area (Å²) in [6, 6.07) is 7.48. The van der Waals surface area contributed by atoms with Crippen LogP contribution in [0.15, 0.2) is 51.8 Å². The second kappa shape index (κ2) is 15.0. The summed E-state index contributed by atoms with van der Waals surface area (Å²) in [5, 5.41) is 11.2. The molecule has 0 bridgehead atoms. The third-order valence-corrected chi connectivity index (χ3v) is 7.30. The monoisotopic (exact) mass is 645 g/mol. The van der Waals surface area contributed by atoms with E-state index in [4.69, 9.17) is 23.5 Å². The lowest BCUT2D eigenvalue weighted by Gasteiger charge is -2.35. The number of rotatable bonds is 12.